The van der Waals surface area contributed by atoms with Crippen LogP contribution in [-0.2, 0) is 16.1 Å². The molecule has 24 heavy (non-hydrogen) atoms. The van der Waals surface area contributed by atoms with Crippen LogP contribution in [0.2, 0.25) is 0 Å². The average Bonchev–Trinajstić information content (AvgIpc) is 3.13. The Labute approximate surface area is 140 Å². The van der Waals surface area contributed by atoms with Crippen LogP contribution in [0.5, 0.6) is 0 Å². The normalized spacial score (nSPS) is 24.1. The highest BCUT2D eigenvalue weighted by atomic mass is 16.5. The Morgan fingerprint density at radius 1 is 1.33 bits per heavy atom. The molecule has 6 heteroatoms. The number of hydrogen-bond acceptors (Lipinski definition) is 4. The van der Waals surface area contributed by atoms with E-state index in [0.29, 0.717) is 11.1 Å². The van der Waals surface area contributed by atoms with Crippen molar-refractivity contribution in [2.75, 3.05) is 26.3 Å². The Hall–Kier alpha value is -2.08. The molecular formula is C18H22N2O4. The Morgan fingerprint density at radius 2 is 2.21 bits per heavy atom. The lowest BCUT2D eigenvalue weighted by Crippen LogP contribution is -2.47. The predicted molar refractivity (Wildman–Crippen MR) is 88.9 cm³/mol. The van der Waals surface area contributed by atoms with Gasteiger partial charge in [0.05, 0.1) is 12.1 Å². The van der Waals surface area contributed by atoms with Gasteiger partial charge < -0.3 is 14.1 Å². The van der Waals surface area contributed by atoms with Crippen molar-refractivity contribution in [3.05, 3.63) is 34.3 Å². The number of amides is 1. The molecule has 0 N–H and O–H groups in total. The summed E-state index contributed by atoms with van der Waals surface area (Å²) in [5, 5.41) is 0. The maximum atomic E-state index is 12.8. The summed E-state index contributed by atoms with van der Waals surface area (Å²) in [6.45, 7) is 5.00. The van der Waals surface area contributed by atoms with E-state index >= 15 is 0 Å². The van der Waals surface area contributed by atoms with E-state index in [9.17, 15) is 9.59 Å². The predicted octanol–water partition coefficient (Wildman–Crippen LogP) is 1.93. The van der Waals surface area contributed by atoms with Crippen molar-refractivity contribution in [2.45, 2.75) is 32.7 Å². The number of fused-ring (bicyclic) bond motifs is 1. The molecule has 2 aliphatic heterocycles. The molecule has 128 valence electrons. The molecule has 2 saturated heterocycles. The number of nitrogens with zero attached hydrogens (tertiary/aromatic N) is 2. The van der Waals surface area contributed by atoms with Gasteiger partial charge in [0.15, 0.2) is 5.58 Å². The van der Waals surface area contributed by atoms with Crippen LogP contribution in [0.1, 0.15) is 24.8 Å². The van der Waals surface area contributed by atoms with Crippen LogP contribution >= 0.6 is 0 Å². The molecule has 2 fully saturated rings. The lowest BCUT2D eigenvalue weighted by molar-refractivity contribution is -0.135. The monoisotopic (exact) mass is 330 g/mol. The fourth-order valence-electron chi connectivity index (χ4n) is 3.95. The van der Waals surface area contributed by atoms with E-state index in [4.69, 9.17) is 9.15 Å². The molecule has 0 aliphatic carbocycles. The summed E-state index contributed by atoms with van der Waals surface area (Å²) in [6, 6.07) is 5.56. The maximum absolute atomic E-state index is 12.8. The number of oxazole rings is 1. The third-order valence-electron chi connectivity index (χ3n) is 5.32. The van der Waals surface area contributed by atoms with Gasteiger partial charge in [0.2, 0.25) is 5.91 Å². The first-order valence-electron chi connectivity index (χ1n) is 8.52. The number of carbonyl (C=O) groups is 1. The van der Waals surface area contributed by atoms with Gasteiger partial charge in [-0.1, -0.05) is 6.07 Å². The first-order chi connectivity index (χ1) is 11.6. The van der Waals surface area contributed by atoms with E-state index in [2.05, 4.69) is 0 Å². The number of hydrogen-bond donors (Lipinski definition) is 0. The summed E-state index contributed by atoms with van der Waals surface area (Å²) in [7, 11) is 0. The molecule has 1 aromatic carbocycles. The molecule has 0 radical (unpaired) electrons. The minimum atomic E-state index is -0.472. The van der Waals surface area contributed by atoms with E-state index in [-0.39, 0.29) is 17.9 Å². The maximum Gasteiger partial charge on any atom is 0.420 e. The summed E-state index contributed by atoms with van der Waals surface area (Å²) in [5.74, 6) is -0.493. The molecule has 4 rings (SSSR count). The smallest absolute Gasteiger partial charge is 0.408 e. The van der Waals surface area contributed by atoms with Crippen molar-refractivity contribution in [3.63, 3.8) is 0 Å². The molecule has 1 spiro atoms. The fourth-order valence-corrected chi connectivity index (χ4v) is 3.95. The molecule has 0 bridgehead atoms. The highest BCUT2D eigenvalue weighted by Gasteiger charge is 2.40. The van der Waals surface area contributed by atoms with Gasteiger partial charge in [0.1, 0.15) is 6.54 Å². The van der Waals surface area contributed by atoms with E-state index in [1.807, 2.05) is 24.0 Å². The molecular weight excluding hydrogens is 308 g/mol. The Kier molecular flexibility index (Phi) is 3.72. The summed E-state index contributed by atoms with van der Waals surface area (Å²) < 4.78 is 12.2. The Morgan fingerprint density at radius 3 is 3.00 bits per heavy atom. The first kappa shape index (κ1) is 15.4. The van der Waals surface area contributed by atoms with Crippen molar-refractivity contribution in [2.24, 2.45) is 5.41 Å². The fraction of sp³-hybridized carbons (Fsp3) is 0.556. The molecule has 6 nitrogen and oxygen atoms in total. The van der Waals surface area contributed by atoms with Gasteiger partial charge in [0.25, 0.3) is 0 Å². The first-order valence-corrected chi connectivity index (χ1v) is 8.52. The van der Waals surface area contributed by atoms with Crippen LogP contribution in [0, 0.1) is 12.3 Å². The van der Waals surface area contributed by atoms with Crippen LogP contribution in [0.4, 0.5) is 0 Å². The number of benzene rings is 1. The van der Waals surface area contributed by atoms with Crippen molar-refractivity contribution < 1.29 is 13.9 Å². The van der Waals surface area contributed by atoms with Crippen LogP contribution < -0.4 is 5.76 Å². The summed E-state index contributed by atoms with van der Waals surface area (Å²) in [4.78, 5) is 26.8. The minimum absolute atomic E-state index is 0.0210. The standard InChI is InChI=1S/C18H22N2O4/c1-13-3-4-15-14(9-13)20(17(22)24-15)10-16(21)19-7-2-5-18(11-19)6-8-23-12-18/h3-4,9H,2,5-8,10-12H2,1H3/t18-/m0/s1. The van der Waals surface area contributed by atoms with Crippen molar-refractivity contribution in [1.82, 2.24) is 9.47 Å². The van der Waals surface area contributed by atoms with E-state index in [0.717, 1.165) is 51.1 Å². The minimum Gasteiger partial charge on any atom is -0.408 e. The summed E-state index contributed by atoms with van der Waals surface area (Å²) >= 11 is 0. The number of piperidine rings is 1. The van der Waals surface area contributed by atoms with Gasteiger partial charge in [0, 0.05) is 25.1 Å². The van der Waals surface area contributed by atoms with E-state index in [1.165, 1.54) is 4.57 Å². The van der Waals surface area contributed by atoms with Gasteiger partial charge in [-0.15, -0.1) is 0 Å². The third kappa shape index (κ3) is 2.65. The molecule has 0 unspecified atom stereocenters. The zero-order chi connectivity index (χ0) is 16.7. The van der Waals surface area contributed by atoms with Crippen molar-refractivity contribution in [3.8, 4) is 0 Å². The summed E-state index contributed by atoms with van der Waals surface area (Å²) in [6.07, 6.45) is 3.13. The topological polar surface area (TPSA) is 64.7 Å². The lowest BCUT2D eigenvalue weighted by Gasteiger charge is -2.39. The van der Waals surface area contributed by atoms with E-state index in [1.54, 1.807) is 6.07 Å². The highest BCUT2D eigenvalue weighted by Crippen LogP contribution is 2.37. The number of aromatic nitrogens is 1. The number of aryl methyl sites for hydroxylation is 1. The molecule has 3 heterocycles. The number of ether oxygens (including phenoxy) is 1. The van der Waals surface area contributed by atoms with Gasteiger partial charge in [-0.05, 0) is 43.9 Å². The van der Waals surface area contributed by atoms with Crippen LogP contribution in [-0.4, -0.2) is 41.7 Å². The Bertz CT molecular complexity index is 829. The van der Waals surface area contributed by atoms with Crippen LogP contribution in [0.3, 0.4) is 0 Å². The van der Waals surface area contributed by atoms with Gasteiger partial charge in [-0.2, -0.15) is 0 Å². The SMILES string of the molecule is Cc1ccc2oc(=O)n(CC(=O)N3CCC[C@]4(CCOC4)C3)c2c1. The van der Waals surface area contributed by atoms with Crippen LogP contribution in [0.25, 0.3) is 11.1 Å². The van der Waals surface area contributed by atoms with Gasteiger partial charge in [-0.25, -0.2) is 4.79 Å². The number of carbonyl (C=O) groups excluding carboxylic acids is 1. The Balaban J connectivity index is 1.57. The zero-order valence-electron chi connectivity index (χ0n) is 13.9. The molecule has 1 atom stereocenters. The molecule has 2 aliphatic rings. The highest BCUT2D eigenvalue weighted by molar-refractivity contribution is 5.80. The molecule has 2 aromatic rings. The van der Waals surface area contributed by atoms with Gasteiger partial charge in [-0.3, -0.25) is 9.36 Å². The summed E-state index contributed by atoms with van der Waals surface area (Å²) in [5.41, 5.74) is 2.36. The number of likely N-dealkylation sites (tertiary alicyclic amines) is 1. The average molecular weight is 330 g/mol. The van der Waals surface area contributed by atoms with Crippen LogP contribution in [0.15, 0.2) is 27.4 Å². The van der Waals surface area contributed by atoms with Crippen molar-refractivity contribution >= 4 is 17.0 Å². The second-order valence-corrected chi connectivity index (χ2v) is 7.15. The molecule has 0 saturated carbocycles. The number of rotatable bonds is 2. The molecule has 1 aromatic heterocycles. The zero-order valence-corrected chi connectivity index (χ0v) is 13.9. The second-order valence-electron chi connectivity index (χ2n) is 7.15. The third-order valence-corrected chi connectivity index (χ3v) is 5.32. The quantitative estimate of drug-likeness (QED) is 0.844. The lowest BCUT2D eigenvalue weighted by atomic mass is 9.79. The van der Waals surface area contributed by atoms with E-state index < -0.39 is 5.76 Å². The van der Waals surface area contributed by atoms with Crippen molar-refractivity contribution in [1.29, 1.82) is 0 Å². The largest absolute Gasteiger partial charge is 0.420 e. The molecule has 1 amide bonds. The second kappa shape index (κ2) is 5.77. The van der Waals surface area contributed by atoms with Gasteiger partial charge >= 0.3 is 5.76 Å².